The van der Waals surface area contributed by atoms with Gasteiger partial charge in [0.15, 0.2) is 0 Å². The third kappa shape index (κ3) is 3.18. The van der Waals surface area contributed by atoms with E-state index in [0.29, 0.717) is 12.8 Å². The molecule has 8 heteroatoms. The molecular weight excluding hydrogens is 368 g/mol. The molecule has 1 saturated heterocycles. The molecular formula is C20H28O8. The van der Waals surface area contributed by atoms with E-state index in [0.717, 1.165) is 0 Å². The lowest BCUT2D eigenvalue weighted by Gasteiger charge is -2.56. The first-order valence-electron chi connectivity index (χ1n) is 9.53. The van der Waals surface area contributed by atoms with Crippen molar-refractivity contribution < 1.29 is 39.5 Å². The van der Waals surface area contributed by atoms with Crippen LogP contribution in [0.3, 0.4) is 0 Å². The molecule has 28 heavy (non-hydrogen) atoms. The number of esters is 2. The SMILES string of the molecule is C=C(C(=O)O[C@H]1C[C@]2(C)[C@H]([C@@H](CO)CC[C@H]2O)[C@H]2OC(=O)C(=C)[C@@H]21)C(O)CO. The van der Waals surface area contributed by atoms with E-state index in [1.807, 2.05) is 6.92 Å². The number of aliphatic hydroxyl groups excluding tert-OH is 4. The zero-order valence-corrected chi connectivity index (χ0v) is 15.9. The maximum atomic E-state index is 12.4. The zero-order chi connectivity index (χ0) is 20.8. The van der Waals surface area contributed by atoms with Crippen molar-refractivity contribution in [1.29, 1.82) is 0 Å². The Morgan fingerprint density at radius 3 is 2.68 bits per heavy atom. The summed E-state index contributed by atoms with van der Waals surface area (Å²) in [6.45, 7) is 8.35. The third-order valence-corrected chi connectivity index (χ3v) is 6.83. The Bertz CT molecular complexity index is 688. The average Bonchev–Trinajstić information content (AvgIpc) is 2.96. The van der Waals surface area contributed by atoms with Gasteiger partial charge in [-0.3, -0.25) is 0 Å². The fourth-order valence-corrected chi connectivity index (χ4v) is 5.24. The number of ether oxygens (including phenoxy) is 2. The molecule has 0 aromatic rings. The van der Waals surface area contributed by atoms with Gasteiger partial charge in [-0.15, -0.1) is 0 Å². The first-order valence-corrected chi connectivity index (χ1v) is 9.53. The predicted molar refractivity (Wildman–Crippen MR) is 96.7 cm³/mol. The standard InChI is InChI=1S/C20H28O8/c1-9(12(23)8-22)18(25)27-13-6-20(3)14(24)5-4-11(7-21)16(20)17-15(13)10(2)19(26)28-17/h11-17,21-24H,1-2,4-8H2,3H3/t11-,12?,13+,14-,15-,16-,17+,20+/m1/s1. The van der Waals surface area contributed by atoms with Crippen LogP contribution in [-0.4, -0.2) is 70.0 Å². The van der Waals surface area contributed by atoms with Gasteiger partial charge in [0.05, 0.1) is 24.2 Å². The molecule has 156 valence electrons. The second-order valence-electron chi connectivity index (χ2n) is 8.36. The Balaban J connectivity index is 1.94. The summed E-state index contributed by atoms with van der Waals surface area (Å²) in [4.78, 5) is 24.6. The highest BCUT2D eigenvalue weighted by Crippen LogP contribution is 2.58. The second-order valence-corrected chi connectivity index (χ2v) is 8.36. The van der Waals surface area contributed by atoms with E-state index in [9.17, 15) is 24.9 Å². The number of fused-ring (bicyclic) bond motifs is 3. The molecule has 0 radical (unpaired) electrons. The number of hydrogen-bond acceptors (Lipinski definition) is 8. The van der Waals surface area contributed by atoms with E-state index >= 15 is 0 Å². The molecule has 2 saturated carbocycles. The number of carbonyl (C=O) groups is 2. The number of aliphatic hydroxyl groups is 4. The number of carbonyl (C=O) groups excluding carboxylic acids is 2. The van der Waals surface area contributed by atoms with Crippen LogP contribution >= 0.6 is 0 Å². The topological polar surface area (TPSA) is 134 Å². The third-order valence-electron chi connectivity index (χ3n) is 6.83. The molecule has 0 aromatic carbocycles. The van der Waals surface area contributed by atoms with E-state index in [1.54, 1.807) is 0 Å². The van der Waals surface area contributed by atoms with Gasteiger partial charge in [0.2, 0.25) is 0 Å². The summed E-state index contributed by atoms with van der Waals surface area (Å²) in [7, 11) is 0. The summed E-state index contributed by atoms with van der Waals surface area (Å²) in [5.41, 5.74) is -0.839. The van der Waals surface area contributed by atoms with Crippen LogP contribution in [0.25, 0.3) is 0 Å². The second kappa shape index (κ2) is 7.59. The van der Waals surface area contributed by atoms with Crippen molar-refractivity contribution >= 4 is 11.9 Å². The van der Waals surface area contributed by atoms with Crippen molar-refractivity contribution in [2.24, 2.45) is 23.2 Å². The minimum Gasteiger partial charge on any atom is -0.458 e. The van der Waals surface area contributed by atoms with Crippen molar-refractivity contribution in [1.82, 2.24) is 0 Å². The van der Waals surface area contributed by atoms with Crippen LogP contribution in [0.2, 0.25) is 0 Å². The smallest absolute Gasteiger partial charge is 0.336 e. The average molecular weight is 396 g/mol. The van der Waals surface area contributed by atoms with E-state index < -0.39 is 54.3 Å². The zero-order valence-electron chi connectivity index (χ0n) is 15.9. The molecule has 4 N–H and O–H groups in total. The molecule has 0 amide bonds. The van der Waals surface area contributed by atoms with Gasteiger partial charge >= 0.3 is 11.9 Å². The molecule has 2 aliphatic carbocycles. The quantitative estimate of drug-likeness (QED) is 0.368. The molecule has 1 heterocycles. The lowest BCUT2D eigenvalue weighted by Crippen LogP contribution is -2.60. The van der Waals surface area contributed by atoms with Crippen molar-refractivity contribution in [2.75, 3.05) is 13.2 Å². The minimum absolute atomic E-state index is 0.0931. The lowest BCUT2D eigenvalue weighted by molar-refractivity contribution is -0.199. The molecule has 3 aliphatic rings. The van der Waals surface area contributed by atoms with Crippen LogP contribution < -0.4 is 0 Å². The van der Waals surface area contributed by atoms with E-state index in [4.69, 9.17) is 14.6 Å². The van der Waals surface area contributed by atoms with E-state index in [2.05, 4.69) is 13.2 Å². The monoisotopic (exact) mass is 396 g/mol. The van der Waals surface area contributed by atoms with Crippen LogP contribution in [0.1, 0.15) is 26.2 Å². The largest absolute Gasteiger partial charge is 0.458 e. The molecule has 8 atom stereocenters. The summed E-state index contributed by atoms with van der Waals surface area (Å²) >= 11 is 0. The fourth-order valence-electron chi connectivity index (χ4n) is 5.24. The Kier molecular flexibility index (Phi) is 5.69. The maximum Gasteiger partial charge on any atom is 0.336 e. The molecule has 8 nitrogen and oxygen atoms in total. The molecule has 3 rings (SSSR count). The molecule has 0 aromatic heterocycles. The Morgan fingerprint density at radius 1 is 1.39 bits per heavy atom. The Morgan fingerprint density at radius 2 is 2.07 bits per heavy atom. The summed E-state index contributed by atoms with van der Waals surface area (Å²) in [6.07, 6.45) is -2.29. The van der Waals surface area contributed by atoms with Crippen LogP contribution in [0, 0.1) is 23.2 Å². The minimum atomic E-state index is -1.45. The fraction of sp³-hybridized carbons (Fsp3) is 0.700. The lowest BCUT2D eigenvalue weighted by atomic mass is 9.51. The highest BCUT2D eigenvalue weighted by atomic mass is 16.6. The van der Waals surface area contributed by atoms with Crippen molar-refractivity contribution in [3.05, 3.63) is 24.3 Å². The van der Waals surface area contributed by atoms with Gasteiger partial charge in [-0.1, -0.05) is 20.1 Å². The van der Waals surface area contributed by atoms with Crippen molar-refractivity contribution in [3.63, 3.8) is 0 Å². The van der Waals surface area contributed by atoms with E-state index in [-0.39, 0.29) is 36.0 Å². The predicted octanol–water partition coefficient (Wildman–Crippen LogP) is -0.305. The van der Waals surface area contributed by atoms with Gasteiger partial charge in [-0.05, 0) is 25.2 Å². The van der Waals surface area contributed by atoms with Crippen LogP contribution in [0.5, 0.6) is 0 Å². The Labute approximate surface area is 163 Å². The molecule has 1 aliphatic heterocycles. The first-order chi connectivity index (χ1) is 13.2. The van der Waals surface area contributed by atoms with Crippen molar-refractivity contribution in [3.8, 4) is 0 Å². The molecule has 1 unspecified atom stereocenters. The summed E-state index contributed by atoms with van der Waals surface area (Å²) < 4.78 is 11.1. The first kappa shape index (κ1) is 21.0. The maximum absolute atomic E-state index is 12.4. The van der Waals surface area contributed by atoms with Crippen LogP contribution in [-0.2, 0) is 19.1 Å². The number of hydrogen-bond donors (Lipinski definition) is 4. The van der Waals surface area contributed by atoms with Crippen molar-refractivity contribution in [2.45, 2.75) is 50.6 Å². The molecule has 0 spiro atoms. The van der Waals surface area contributed by atoms with Gasteiger partial charge in [0.25, 0.3) is 0 Å². The van der Waals surface area contributed by atoms with E-state index in [1.165, 1.54) is 0 Å². The van der Waals surface area contributed by atoms with Gasteiger partial charge in [0, 0.05) is 23.5 Å². The highest BCUT2D eigenvalue weighted by molar-refractivity contribution is 5.92. The van der Waals surface area contributed by atoms with Gasteiger partial charge in [-0.25, -0.2) is 9.59 Å². The summed E-state index contributed by atoms with van der Waals surface area (Å²) in [5.74, 6) is -2.51. The van der Waals surface area contributed by atoms with Crippen LogP contribution in [0.4, 0.5) is 0 Å². The van der Waals surface area contributed by atoms with Gasteiger partial charge < -0.3 is 29.9 Å². The highest BCUT2D eigenvalue weighted by Gasteiger charge is 2.63. The van der Waals surface area contributed by atoms with Gasteiger partial charge in [0.1, 0.15) is 18.3 Å². The molecule has 0 bridgehead atoms. The van der Waals surface area contributed by atoms with Gasteiger partial charge in [-0.2, -0.15) is 0 Å². The Hall–Kier alpha value is -1.74. The summed E-state index contributed by atoms with van der Waals surface area (Å²) in [5, 5.41) is 39.3. The summed E-state index contributed by atoms with van der Waals surface area (Å²) in [6, 6.07) is 0. The number of rotatable bonds is 5. The van der Waals surface area contributed by atoms with Crippen LogP contribution in [0.15, 0.2) is 24.3 Å². The normalized spacial score (nSPS) is 40.9. The molecule has 3 fully saturated rings.